The van der Waals surface area contributed by atoms with Crippen LogP contribution in [0.5, 0.6) is 0 Å². The minimum Gasteiger partial charge on any atom is -0.381 e. The molecule has 20 heavy (non-hydrogen) atoms. The normalized spacial score (nSPS) is 29.4. The van der Waals surface area contributed by atoms with Crippen molar-refractivity contribution in [1.82, 2.24) is 0 Å². The molecule has 0 bridgehead atoms. The van der Waals surface area contributed by atoms with Crippen LogP contribution in [0, 0.1) is 11.2 Å². The highest BCUT2D eigenvalue weighted by Gasteiger charge is 2.69. The van der Waals surface area contributed by atoms with E-state index in [0.29, 0.717) is 13.2 Å². The van der Waals surface area contributed by atoms with Crippen molar-refractivity contribution in [1.29, 1.82) is 0 Å². The van der Waals surface area contributed by atoms with E-state index in [1.165, 1.54) is 18.4 Å². The van der Waals surface area contributed by atoms with E-state index in [0.717, 1.165) is 5.56 Å². The van der Waals surface area contributed by atoms with E-state index in [2.05, 4.69) is 0 Å². The first-order valence-electron chi connectivity index (χ1n) is 6.59. The minimum atomic E-state index is -3.24. The van der Waals surface area contributed by atoms with Gasteiger partial charge in [0.15, 0.2) is 9.84 Å². The lowest BCUT2D eigenvalue weighted by atomic mass is 10.00. The van der Waals surface area contributed by atoms with Gasteiger partial charge in [-0.25, -0.2) is 12.8 Å². The van der Waals surface area contributed by atoms with Gasteiger partial charge >= 0.3 is 0 Å². The van der Waals surface area contributed by atoms with Gasteiger partial charge < -0.3 is 10.5 Å². The van der Waals surface area contributed by atoms with E-state index >= 15 is 0 Å². The van der Waals surface area contributed by atoms with Crippen LogP contribution in [0.3, 0.4) is 0 Å². The Hall–Kier alpha value is -0.980. The van der Waals surface area contributed by atoms with Gasteiger partial charge in [-0.2, -0.15) is 0 Å². The lowest BCUT2D eigenvalue weighted by molar-refractivity contribution is 0.101. The van der Waals surface area contributed by atoms with Crippen LogP contribution >= 0.6 is 0 Å². The van der Waals surface area contributed by atoms with Crippen LogP contribution in [0.2, 0.25) is 0 Å². The highest BCUT2D eigenvalue weighted by Crippen LogP contribution is 2.62. The molecule has 0 aromatic heterocycles. The largest absolute Gasteiger partial charge is 0.381 e. The second kappa shape index (κ2) is 5.42. The standard InChI is InChI=1S/C14H20FNO3S/c1-3-19-9-14(8-16)12(13(14)20(2,17)18)10-4-6-11(15)7-5-10/h4-7,12-13H,3,8-9,16H2,1-2H3/t12-,13-,14-/m1/s1. The number of benzene rings is 1. The maximum absolute atomic E-state index is 13.0. The zero-order valence-electron chi connectivity index (χ0n) is 11.7. The summed E-state index contributed by atoms with van der Waals surface area (Å²) < 4.78 is 42.4. The van der Waals surface area contributed by atoms with E-state index in [1.54, 1.807) is 12.1 Å². The van der Waals surface area contributed by atoms with E-state index in [1.807, 2.05) is 6.92 Å². The van der Waals surface area contributed by atoms with Crippen LogP contribution in [-0.2, 0) is 14.6 Å². The van der Waals surface area contributed by atoms with Crippen molar-refractivity contribution in [2.75, 3.05) is 26.0 Å². The van der Waals surface area contributed by atoms with Crippen LogP contribution in [0.15, 0.2) is 24.3 Å². The van der Waals surface area contributed by atoms with Crippen molar-refractivity contribution in [2.45, 2.75) is 18.1 Å². The molecule has 1 aliphatic carbocycles. The molecule has 1 fully saturated rings. The van der Waals surface area contributed by atoms with Gasteiger partial charge in [-0.1, -0.05) is 12.1 Å². The molecule has 0 radical (unpaired) electrons. The Labute approximate surface area is 119 Å². The monoisotopic (exact) mass is 301 g/mol. The van der Waals surface area contributed by atoms with Crippen LogP contribution < -0.4 is 5.73 Å². The molecular weight excluding hydrogens is 281 g/mol. The summed E-state index contributed by atoms with van der Waals surface area (Å²) in [7, 11) is -3.24. The molecule has 1 aromatic carbocycles. The molecule has 1 saturated carbocycles. The minimum absolute atomic E-state index is 0.227. The molecule has 2 N–H and O–H groups in total. The molecule has 1 aromatic rings. The first kappa shape index (κ1) is 15.4. The van der Waals surface area contributed by atoms with Gasteiger partial charge in [-0.3, -0.25) is 0 Å². The van der Waals surface area contributed by atoms with Crippen LogP contribution in [0.25, 0.3) is 0 Å². The number of hydrogen-bond acceptors (Lipinski definition) is 4. The van der Waals surface area contributed by atoms with Gasteiger partial charge in [0, 0.05) is 30.7 Å². The SMILES string of the molecule is CCOC[C@]1(CN)[C@H](c2ccc(F)cc2)[C@H]1S(C)(=O)=O. The fourth-order valence-corrected chi connectivity index (χ4v) is 5.08. The summed E-state index contributed by atoms with van der Waals surface area (Å²) in [5.41, 5.74) is 6.04. The molecule has 6 heteroatoms. The lowest BCUT2D eigenvalue weighted by Crippen LogP contribution is -2.28. The second-order valence-corrected chi connectivity index (χ2v) is 7.52. The predicted octanol–water partition coefficient (Wildman–Crippen LogP) is 1.32. The Bertz CT molecular complexity index is 573. The number of hydrogen-bond donors (Lipinski definition) is 1. The molecule has 0 unspecified atom stereocenters. The Kier molecular flexibility index (Phi) is 4.18. The summed E-state index contributed by atoms with van der Waals surface area (Å²) in [4.78, 5) is 0. The molecule has 0 heterocycles. The van der Waals surface area contributed by atoms with Crippen molar-refractivity contribution >= 4 is 9.84 Å². The van der Waals surface area contributed by atoms with E-state index in [9.17, 15) is 12.8 Å². The summed E-state index contributed by atoms with van der Waals surface area (Å²) in [5, 5.41) is -0.558. The van der Waals surface area contributed by atoms with Crippen LogP contribution in [0.1, 0.15) is 18.4 Å². The zero-order valence-corrected chi connectivity index (χ0v) is 12.5. The topological polar surface area (TPSA) is 69.4 Å². The molecule has 0 amide bonds. The summed E-state index contributed by atoms with van der Waals surface area (Å²) >= 11 is 0. The maximum atomic E-state index is 13.0. The Morgan fingerprint density at radius 1 is 1.35 bits per heavy atom. The molecule has 2 rings (SSSR count). The first-order chi connectivity index (χ1) is 9.36. The third-order valence-corrected chi connectivity index (χ3v) is 5.69. The number of halogens is 1. The smallest absolute Gasteiger partial charge is 0.151 e. The molecule has 1 aliphatic rings. The van der Waals surface area contributed by atoms with Crippen molar-refractivity contribution < 1.29 is 17.5 Å². The maximum Gasteiger partial charge on any atom is 0.151 e. The molecular formula is C14H20FNO3S. The van der Waals surface area contributed by atoms with Gasteiger partial charge in [0.2, 0.25) is 0 Å². The average molecular weight is 301 g/mol. The van der Waals surface area contributed by atoms with Crippen molar-refractivity contribution in [3.63, 3.8) is 0 Å². The molecule has 0 saturated heterocycles. The number of nitrogens with two attached hydrogens (primary N) is 1. The third-order valence-electron chi connectivity index (χ3n) is 4.02. The fraction of sp³-hybridized carbons (Fsp3) is 0.571. The van der Waals surface area contributed by atoms with Gasteiger partial charge in [0.25, 0.3) is 0 Å². The van der Waals surface area contributed by atoms with Crippen LogP contribution in [0.4, 0.5) is 4.39 Å². The van der Waals surface area contributed by atoms with Gasteiger partial charge in [-0.05, 0) is 24.6 Å². The Morgan fingerprint density at radius 2 is 1.95 bits per heavy atom. The second-order valence-electron chi connectivity index (χ2n) is 5.35. The molecule has 112 valence electrons. The highest BCUT2D eigenvalue weighted by atomic mass is 32.2. The summed E-state index contributed by atoms with van der Waals surface area (Å²) in [6, 6.07) is 5.94. The van der Waals surface area contributed by atoms with Gasteiger partial charge in [0.05, 0.1) is 11.9 Å². The summed E-state index contributed by atoms with van der Waals surface area (Å²) in [6.45, 7) is 2.90. The molecule has 3 atom stereocenters. The third kappa shape index (κ3) is 2.60. The van der Waals surface area contributed by atoms with Crippen LogP contribution in [-0.4, -0.2) is 39.7 Å². The van der Waals surface area contributed by atoms with Gasteiger partial charge in [0.1, 0.15) is 5.82 Å². The quantitative estimate of drug-likeness (QED) is 0.860. The highest BCUT2D eigenvalue weighted by molar-refractivity contribution is 7.91. The van der Waals surface area contributed by atoms with Crippen molar-refractivity contribution in [2.24, 2.45) is 11.1 Å². The zero-order chi connectivity index (χ0) is 15.0. The molecule has 0 spiro atoms. The first-order valence-corrected chi connectivity index (χ1v) is 8.54. The van der Waals surface area contributed by atoms with Crippen molar-refractivity contribution in [3.05, 3.63) is 35.6 Å². The van der Waals surface area contributed by atoms with E-state index in [-0.39, 0.29) is 18.3 Å². The average Bonchev–Trinajstić information content (AvgIpc) is 3.07. The Balaban J connectivity index is 2.36. The summed E-state index contributed by atoms with van der Waals surface area (Å²) in [5.74, 6) is -0.567. The Morgan fingerprint density at radius 3 is 2.40 bits per heavy atom. The van der Waals surface area contributed by atoms with E-state index < -0.39 is 20.5 Å². The van der Waals surface area contributed by atoms with Gasteiger partial charge in [-0.15, -0.1) is 0 Å². The predicted molar refractivity (Wildman–Crippen MR) is 75.8 cm³/mol. The van der Waals surface area contributed by atoms with E-state index in [4.69, 9.17) is 10.5 Å². The number of rotatable bonds is 6. The molecule has 0 aliphatic heterocycles. The van der Waals surface area contributed by atoms with Crippen molar-refractivity contribution in [3.8, 4) is 0 Å². The fourth-order valence-electron chi connectivity index (χ4n) is 3.07. The lowest BCUT2D eigenvalue weighted by Gasteiger charge is -2.15. The number of ether oxygens (including phenoxy) is 1. The summed E-state index contributed by atoms with van der Waals surface area (Å²) in [6.07, 6.45) is 1.22. The molecule has 4 nitrogen and oxygen atoms in total. The number of sulfone groups is 1.